The van der Waals surface area contributed by atoms with Gasteiger partial charge in [-0.1, -0.05) is 61.5 Å². The number of carbonyl (C=O) groups excluding carboxylic acids is 1. The maximum absolute atomic E-state index is 12.6. The number of nitrogens with two attached hydrogens (primary N) is 1. The molecule has 23 heavy (non-hydrogen) atoms. The lowest BCUT2D eigenvalue weighted by atomic mass is 9.94. The molecule has 5 atom stereocenters. The van der Waals surface area contributed by atoms with Crippen LogP contribution < -0.4 is 11.1 Å². The first kappa shape index (κ1) is 14.5. The molecule has 0 aromatic heterocycles. The van der Waals surface area contributed by atoms with Gasteiger partial charge in [0.1, 0.15) is 0 Å². The van der Waals surface area contributed by atoms with Crippen LogP contribution in [0.4, 0.5) is 0 Å². The number of fused-ring (bicyclic) bond motifs is 3. The first-order chi connectivity index (χ1) is 11.2. The van der Waals surface area contributed by atoms with Gasteiger partial charge in [0.05, 0.1) is 5.92 Å². The summed E-state index contributed by atoms with van der Waals surface area (Å²) >= 11 is 0. The number of amides is 1. The van der Waals surface area contributed by atoms with Gasteiger partial charge in [-0.25, -0.2) is 0 Å². The highest BCUT2D eigenvalue weighted by Crippen LogP contribution is 2.56. The van der Waals surface area contributed by atoms with E-state index in [2.05, 4.69) is 29.6 Å². The number of carbonyl (C=O) groups is 1. The quantitative estimate of drug-likeness (QED) is 0.912. The van der Waals surface area contributed by atoms with Gasteiger partial charge in [0, 0.05) is 18.0 Å². The molecule has 2 aromatic carbocycles. The van der Waals surface area contributed by atoms with Crippen molar-refractivity contribution in [2.24, 2.45) is 17.6 Å². The zero-order chi connectivity index (χ0) is 16.0. The molecular weight excluding hydrogens is 284 g/mol. The minimum atomic E-state index is -0.262. The van der Waals surface area contributed by atoms with E-state index in [0.29, 0.717) is 17.9 Å². The summed E-state index contributed by atoms with van der Waals surface area (Å²) < 4.78 is 0. The number of hydrogen-bond donors (Lipinski definition) is 2. The van der Waals surface area contributed by atoms with Crippen molar-refractivity contribution in [2.45, 2.75) is 31.3 Å². The van der Waals surface area contributed by atoms with Crippen LogP contribution >= 0.6 is 0 Å². The van der Waals surface area contributed by atoms with Crippen LogP contribution in [-0.2, 0) is 11.2 Å². The Hall–Kier alpha value is -2.13. The summed E-state index contributed by atoms with van der Waals surface area (Å²) in [6.07, 6.45) is 1.09. The van der Waals surface area contributed by atoms with Crippen molar-refractivity contribution in [3.05, 3.63) is 71.3 Å². The Bertz CT molecular complexity index is 727. The molecule has 2 aromatic rings. The highest BCUT2D eigenvalue weighted by Gasteiger charge is 2.56. The lowest BCUT2D eigenvalue weighted by molar-refractivity contribution is -0.125. The molecule has 1 amide bonds. The van der Waals surface area contributed by atoms with Crippen molar-refractivity contribution in [3.63, 3.8) is 0 Å². The smallest absolute Gasteiger partial charge is 0.224 e. The molecule has 0 radical (unpaired) electrons. The third-order valence-electron chi connectivity index (χ3n) is 5.48. The zero-order valence-corrected chi connectivity index (χ0v) is 13.3. The number of hydrogen-bond acceptors (Lipinski definition) is 2. The summed E-state index contributed by atoms with van der Waals surface area (Å²) in [6.45, 7) is 1.92. The van der Waals surface area contributed by atoms with E-state index in [0.717, 1.165) is 12.0 Å². The second-order valence-electron chi connectivity index (χ2n) is 6.85. The molecule has 0 bridgehead atoms. The highest BCUT2D eigenvalue weighted by atomic mass is 16.2. The average molecular weight is 306 g/mol. The van der Waals surface area contributed by atoms with Crippen LogP contribution in [-0.4, -0.2) is 11.9 Å². The van der Waals surface area contributed by atoms with E-state index in [-0.39, 0.29) is 17.9 Å². The Morgan fingerprint density at radius 2 is 1.83 bits per heavy atom. The summed E-state index contributed by atoms with van der Waals surface area (Å²) in [6, 6.07) is 18.5. The molecule has 5 unspecified atom stereocenters. The summed E-state index contributed by atoms with van der Waals surface area (Å²) in [4.78, 5) is 12.6. The molecule has 2 aliphatic carbocycles. The lowest BCUT2D eigenvalue weighted by Gasteiger charge is -2.20. The minimum Gasteiger partial charge on any atom is -0.352 e. The lowest BCUT2D eigenvalue weighted by Crippen LogP contribution is -2.38. The molecule has 3 heteroatoms. The maximum Gasteiger partial charge on any atom is 0.224 e. The van der Waals surface area contributed by atoms with Crippen LogP contribution in [0, 0.1) is 11.8 Å². The van der Waals surface area contributed by atoms with E-state index in [4.69, 9.17) is 5.73 Å². The molecule has 1 fully saturated rings. The van der Waals surface area contributed by atoms with Crippen LogP contribution in [0.2, 0.25) is 0 Å². The number of benzene rings is 2. The van der Waals surface area contributed by atoms with Crippen molar-refractivity contribution < 1.29 is 4.79 Å². The van der Waals surface area contributed by atoms with Crippen molar-refractivity contribution in [2.75, 3.05) is 0 Å². The normalized spacial score (nSPS) is 26.8. The van der Waals surface area contributed by atoms with Gasteiger partial charge in [0.2, 0.25) is 5.91 Å². The predicted octanol–water partition coefficient (Wildman–Crippen LogP) is 2.78. The summed E-state index contributed by atoms with van der Waals surface area (Å²) in [5, 5.41) is 3.23. The second kappa shape index (κ2) is 5.50. The van der Waals surface area contributed by atoms with Gasteiger partial charge in [-0.05, 0) is 29.0 Å². The van der Waals surface area contributed by atoms with Crippen LogP contribution in [0.15, 0.2) is 54.6 Å². The molecule has 0 aliphatic heterocycles. The van der Waals surface area contributed by atoms with Crippen LogP contribution in [0.1, 0.15) is 35.6 Å². The molecule has 2 aliphatic rings. The SMILES string of the molecule is CC(C(=O)NC1C2Cc3ccccc3C21)C(N)c1ccccc1. The second-order valence-corrected chi connectivity index (χ2v) is 6.85. The van der Waals surface area contributed by atoms with Gasteiger partial charge in [-0.3, -0.25) is 4.79 Å². The van der Waals surface area contributed by atoms with Crippen LogP contribution in [0.25, 0.3) is 0 Å². The zero-order valence-electron chi connectivity index (χ0n) is 13.3. The monoisotopic (exact) mass is 306 g/mol. The van der Waals surface area contributed by atoms with E-state index in [1.165, 1.54) is 11.1 Å². The Morgan fingerprint density at radius 1 is 1.13 bits per heavy atom. The molecule has 3 N–H and O–H groups in total. The fraction of sp³-hybridized carbons (Fsp3) is 0.350. The van der Waals surface area contributed by atoms with Crippen molar-refractivity contribution >= 4 is 5.91 Å². The van der Waals surface area contributed by atoms with Gasteiger partial charge in [0.15, 0.2) is 0 Å². The number of nitrogens with one attached hydrogen (secondary N) is 1. The molecule has 0 saturated heterocycles. The molecular formula is C20H22N2O. The van der Waals surface area contributed by atoms with Crippen LogP contribution in [0.3, 0.4) is 0 Å². The van der Waals surface area contributed by atoms with Crippen molar-refractivity contribution in [1.82, 2.24) is 5.32 Å². The highest BCUT2D eigenvalue weighted by molar-refractivity contribution is 5.80. The fourth-order valence-electron chi connectivity index (χ4n) is 3.97. The maximum atomic E-state index is 12.6. The molecule has 0 spiro atoms. The minimum absolute atomic E-state index is 0.0678. The molecule has 1 saturated carbocycles. The third-order valence-corrected chi connectivity index (χ3v) is 5.48. The Kier molecular flexibility index (Phi) is 3.46. The molecule has 3 nitrogen and oxygen atoms in total. The Morgan fingerprint density at radius 3 is 2.61 bits per heavy atom. The first-order valence-electron chi connectivity index (χ1n) is 8.35. The molecule has 118 valence electrons. The van der Waals surface area contributed by atoms with E-state index in [1.807, 2.05) is 37.3 Å². The molecule has 0 heterocycles. The molecule has 4 rings (SSSR count). The Labute approximate surface area is 136 Å². The van der Waals surface area contributed by atoms with Crippen molar-refractivity contribution in [1.29, 1.82) is 0 Å². The van der Waals surface area contributed by atoms with Gasteiger partial charge in [-0.15, -0.1) is 0 Å². The van der Waals surface area contributed by atoms with Crippen LogP contribution in [0.5, 0.6) is 0 Å². The van der Waals surface area contributed by atoms with Crippen molar-refractivity contribution in [3.8, 4) is 0 Å². The van der Waals surface area contributed by atoms with E-state index >= 15 is 0 Å². The first-order valence-corrected chi connectivity index (χ1v) is 8.35. The van der Waals surface area contributed by atoms with Gasteiger partial charge in [0.25, 0.3) is 0 Å². The third kappa shape index (κ3) is 2.45. The fourth-order valence-corrected chi connectivity index (χ4v) is 3.97. The van der Waals surface area contributed by atoms with E-state index in [1.54, 1.807) is 0 Å². The predicted molar refractivity (Wildman–Crippen MR) is 90.8 cm³/mol. The Balaban J connectivity index is 1.40. The van der Waals surface area contributed by atoms with E-state index in [9.17, 15) is 4.79 Å². The van der Waals surface area contributed by atoms with Gasteiger partial charge >= 0.3 is 0 Å². The van der Waals surface area contributed by atoms with Gasteiger partial charge < -0.3 is 11.1 Å². The van der Waals surface area contributed by atoms with Gasteiger partial charge in [-0.2, -0.15) is 0 Å². The summed E-state index contributed by atoms with van der Waals surface area (Å²) in [5.74, 6) is 0.930. The largest absolute Gasteiger partial charge is 0.352 e. The standard InChI is InChI=1S/C20H22N2O/c1-12(18(21)13-7-3-2-4-8-13)20(23)22-19-16-11-14-9-5-6-10-15(14)17(16)19/h2-10,12,16-19H,11,21H2,1H3,(H,22,23). The average Bonchev–Trinajstić information content (AvgIpc) is 3.10. The summed E-state index contributed by atoms with van der Waals surface area (Å²) in [5.41, 5.74) is 10.1. The van der Waals surface area contributed by atoms with E-state index < -0.39 is 0 Å². The summed E-state index contributed by atoms with van der Waals surface area (Å²) in [7, 11) is 0. The number of rotatable bonds is 4. The topological polar surface area (TPSA) is 55.1 Å².